The van der Waals surface area contributed by atoms with Crippen LogP contribution in [0.1, 0.15) is 5.56 Å². The number of hydrogen-bond acceptors (Lipinski definition) is 3. The van der Waals surface area contributed by atoms with Crippen molar-refractivity contribution in [3.05, 3.63) is 23.8 Å². The minimum atomic E-state index is 0. The molecule has 2 rings (SSSR count). The van der Waals surface area contributed by atoms with E-state index in [2.05, 4.69) is 0 Å². The Kier molecular flexibility index (Phi) is 4.04. The van der Waals surface area contributed by atoms with Crippen molar-refractivity contribution in [1.82, 2.24) is 0 Å². The molecule has 14 heavy (non-hydrogen) atoms. The Bertz CT molecular complexity index is 304. The summed E-state index contributed by atoms with van der Waals surface area (Å²) in [5.74, 6) is 1.68. The molecule has 0 aromatic heterocycles. The highest BCUT2D eigenvalue weighted by Gasteiger charge is 2.10. The first-order valence-corrected chi connectivity index (χ1v) is 4.49. The molecule has 0 aliphatic carbocycles. The minimum Gasteiger partial charge on any atom is -1.00 e. The summed E-state index contributed by atoms with van der Waals surface area (Å²) in [7, 11) is 0. The Labute approximate surface area is 89.6 Å². The maximum absolute atomic E-state index is 5.46. The van der Waals surface area contributed by atoms with Gasteiger partial charge < -0.3 is 27.6 Å². The Morgan fingerprint density at radius 3 is 2.57 bits per heavy atom. The fourth-order valence-electron chi connectivity index (χ4n) is 1.41. The number of halogens is 1. The van der Waals surface area contributed by atoms with Crippen molar-refractivity contribution in [1.29, 1.82) is 0 Å². The smallest absolute Gasteiger partial charge is 0.161 e. The summed E-state index contributed by atoms with van der Waals surface area (Å²) >= 11 is 0. The van der Waals surface area contributed by atoms with Gasteiger partial charge in [-0.2, -0.15) is 0 Å². The number of benzene rings is 1. The van der Waals surface area contributed by atoms with E-state index < -0.39 is 0 Å². The van der Waals surface area contributed by atoms with Gasteiger partial charge in [0, 0.05) is 0 Å². The summed E-state index contributed by atoms with van der Waals surface area (Å²) in [5, 5.41) is 0. The van der Waals surface area contributed by atoms with Crippen LogP contribution in [-0.2, 0) is 6.42 Å². The van der Waals surface area contributed by atoms with Crippen LogP contribution < -0.4 is 27.6 Å². The number of hydrogen-bond donors (Lipinski definition) is 1. The molecule has 1 aromatic rings. The summed E-state index contributed by atoms with van der Waals surface area (Å²) < 4.78 is 10.8. The molecular weight excluding hydrogens is 202 g/mol. The first kappa shape index (κ1) is 11.1. The van der Waals surface area contributed by atoms with Crippen molar-refractivity contribution in [3.8, 4) is 11.5 Å². The molecule has 0 bridgehead atoms. The highest BCUT2D eigenvalue weighted by molar-refractivity contribution is 5.43. The van der Waals surface area contributed by atoms with Crippen molar-refractivity contribution in [2.45, 2.75) is 6.42 Å². The Morgan fingerprint density at radius 2 is 1.86 bits per heavy atom. The summed E-state index contributed by atoms with van der Waals surface area (Å²) in [6.07, 6.45) is 0.886. The van der Waals surface area contributed by atoms with Gasteiger partial charge in [-0.15, -0.1) is 0 Å². The van der Waals surface area contributed by atoms with Crippen LogP contribution in [0, 0.1) is 0 Å². The molecule has 78 valence electrons. The topological polar surface area (TPSA) is 44.5 Å². The van der Waals surface area contributed by atoms with E-state index in [1.165, 1.54) is 5.56 Å². The molecule has 0 fully saturated rings. The first-order chi connectivity index (χ1) is 6.40. The van der Waals surface area contributed by atoms with Crippen LogP contribution in [0.2, 0.25) is 0 Å². The van der Waals surface area contributed by atoms with E-state index >= 15 is 0 Å². The van der Waals surface area contributed by atoms with Crippen molar-refractivity contribution in [2.75, 3.05) is 19.8 Å². The average molecular weight is 215 g/mol. The molecule has 2 N–H and O–H groups in total. The number of fused-ring (bicyclic) bond motifs is 1. The van der Waals surface area contributed by atoms with E-state index in [0.29, 0.717) is 19.8 Å². The van der Waals surface area contributed by atoms with E-state index in [4.69, 9.17) is 15.2 Å². The van der Waals surface area contributed by atoms with Gasteiger partial charge in [-0.05, 0) is 30.7 Å². The Balaban J connectivity index is 0.000000980. The van der Waals surface area contributed by atoms with Gasteiger partial charge in [0.15, 0.2) is 11.5 Å². The molecule has 0 radical (unpaired) electrons. The van der Waals surface area contributed by atoms with Crippen LogP contribution in [0.5, 0.6) is 11.5 Å². The van der Waals surface area contributed by atoms with E-state index in [1.54, 1.807) is 0 Å². The van der Waals surface area contributed by atoms with Crippen molar-refractivity contribution < 1.29 is 21.9 Å². The van der Waals surface area contributed by atoms with Crippen LogP contribution in [0.4, 0.5) is 0 Å². The number of nitrogens with two attached hydrogens (primary N) is 1. The molecule has 3 nitrogen and oxygen atoms in total. The predicted octanol–water partition coefficient (Wildman–Crippen LogP) is -2.04. The molecule has 0 saturated heterocycles. The zero-order valence-electron chi connectivity index (χ0n) is 7.83. The molecule has 0 unspecified atom stereocenters. The minimum absolute atomic E-state index is 0. The lowest BCUT2D eigenvalue weighted by Gasteiger charge is -2.18. The highest BCUT2D eigenvalue weighted by atomic mass is 35.5. The summed E-state index contributed by atoms with van der Waals surface area (Å²) in [4.78, 5) is 0. The lowest BCUT2D eigenvalue weighted by atomic mass is 10.1. The van der Waals surface area contributed by atoms with Gasteiger partial charge in [-0.25, -0.2) is 0 Å². The third-order valence-electron chi connectivity index (χ3n) is 2.04. The van der Waals surface area contributed by atoms with Crippen LogP contribution in [0.3, 0.4) is 0 Å². The second kappa shape index (κ2) is 5.08. The van der Waals surface area contributed by atoms with Crippen LogP contribution in [0.25, 0.3) is 0 Å². The number of rotatable bonds is 2. The van der Waals surface area contributed by atoms with Gasteiger partial charge in [-0.3, -0.25) is 0 Å². The van der Waals surface area contributed by atoms with Gasteiger partial charge >= 0.3 is 0 Å². The van der Waals surface area contributed by atoms with Crippen LogP contribution in [0.15, 0.2) is 18.2 Å². The normalized spacial score (nSPS) is 13.2. The monoisotopic (exact) mass is 214 g/mol. The molecule has 1 aliphatic heterocycles. The Morgan fingerprint density at radius 1 is 1.14 bits per heavy atom. The van der Waals surface area contributed by atoms with Crippen LogP contribution in [-0.4, -0.2) is 19.8 Å². The summed E-state index contributed by atoms with van der Waals surface area (Å²) in [6, 6.07) is 5.97. The molecule has 0 amide bonds. The van der Waals surface area contributed by atoms with Gasteiger partial charge in [-0.1, -0.05) is 6.07 Å². The van der Waals surface area contributed by atoms with E-state index in [9.17, 15) is 0 Å². The third kappa shape index (κ3) is 2.30. The van der Waals surface area contributed by atoms with Gasteiger partial charge in [0.2, 0.25) is 0 Å². The predicted molar refractivity (Wildman–Crippen MR) is 50.2 cm³/mol. The van der Waals surface area contributed by atoms with Gasteiger partial charge in [0.05, 0.1) is 0 Å². The fourth-order valence-corrected chi connectivity index (χ4v) is 1.41. The largest absolute Gasteiger partial charge is 1.00 e. The molecule has 1 aliphatic rings. The third-order valence-corrected chi connectivity index (χ3v) is 2.04. The molecule has 0 spiro atoms. The van der Waals surface area contributed by atoms with E-state index in [-0.39, 0.29) is 12.4 Å². The van der Waals surface area contributed by atoms with E-state index in [1.807, 2.05) is 18.2 Å². The van der Waals surface area contributed by atoms with Crippen molar-refractivity contribution in [2.24, 2.45) is 5.73 Å². The lowest BCUT2D eigenvalue weighted by Crippen LogP contribution is -3.00. The second-order valence-corrected chi connectivity index (χ2v) is 3.02. The lowest BCUT2D eigenvalue weighted by molar-refractivity contribution is -0.00000335. The summed E-state index contributed by atoms with van der Waals surface area (Å²) in [5.41, 5.74) is 6.67. The molecule has 4 heteroatoms. The number of ether oxygens (including phenoxy) is 2. The average Bonchev–Trinajstić information content (AvgIpc) is 2.18. The molecule has 0 saturated carbocycles. The maximum atomic E-state index is 5.46. The SMILES string of the molecule is NCCc1ccc2c(c1)OCCO2.[Cl-]. The summed E-state index contributed by atoms with van der Waals surface area (Å²) in [6.45, 7) is 1.95. The fraction of sp³-hybridized carbons (Fsp3) is 0.400. The second-order valence-electron chi connectivity index (χ2n) is 3.02. The van der Waals surface area contributed by atoms with Gasteiger partial charge in [0.1, 0.15) is 13.2 Å². The van der Waals surface area contributed by atoms with E-state index in [0.717, 1.165) is 17.9 Å². The zero-order chi connectivity index (χ0) is 9.10. The quantitative estimate of drug-likeness (QED) is 0.617. The molecule has 1 heterocycles. The van der Waals surface area contributed by atoms with Crippen LogP contribution >= 0.6 is 0 Å². The highest BCUT2D eigenvalue weighted by Crippen LogP contribution is 2.30. The van der Waals surface area contributed by atoms with Crippen molar-refractivity contribution in [3.63, 3.8) is 0 Å². The Hall–Kier alpha value is -0.930. The zero-order valence-corrected chi connectivity index (χ0v) is 8.59. The molecule has 1 aromatic carbocycles. The maximum Gasteiger partial charge on any atom is 0.161 e. The standard InChI is InChI=1S/C10H13NO2.ClH/c11-4-3-8-1-2-9-10(7-8)13-6-5-12-9;/h1-2,7H,3-6,11H2;1H/p-1. The first-order valence-electron chi connectivity index (χ1n) is 4.49. The molecular formula is C10H13ClNO2-. The van der Waals surface area contributed by atoms with Crippen molar-refractivity contribution >= 4 is 0 Å². The van der Waals surface area contributed by atoms with Gasteiger partial charge in [0.25, 0.3) is 0 Å². The molecule has 0 atom stereocenters.